The molecule has 8 heteroatoms. The molecular formula is C13H18N2O6. The predicted molar refractivity (Wildman–Crippen MR) is 72.5 cm³/mol. The fourth-order valence-corrected chi connectivity index (χ4v) is 1.03. The second kappa shape index (κ2) is 10.2. The molecule has 1 N–H and O–H groups in total. The maximum Gasteiger partial charge on any atom is 0.330 e. The molecule has 0 heterocycles. The van der Waals surface area contributed by atoms with Crippen molar-refractivity contribution in [3.05, 3.63) is 24.3 Å². The number of rotatable bonds is 6. The Bertz CT molecular complexity index is 456. The van der Waals surface area contributed by atoms with Crippen LogP contribution in [0.25, 0.3) is 0 Å². The van der Waals surface area contributed by atoms with Crippen LogP contribution < -0.4 is 5.43 Å². The second-order valence-corrected chi connectivity index (χ2v) is 3.54. The average Bonchev–Trinajstić information content (AvgIpc) is 2.43. The molecule has 0 aromatic carbocycles. The molecule has 0 fully saturated rings. The molecule has 0 aromatic heterocycles. The first-order chi connectivity index (χ1) is 9.90. The highest BCUT2D eigenvalue weighted by Gasteiger charge is 2.08. The smallest absolute Gasteiger partial charge is 0.330 e. The number of carbonyl (C=O) groups excluding carboxylic acids is 4. The van der Waals surface area contributed by atoms with E-state index >= 15 is 0 Å². The highest BCUT2D eigenvalue weighted by molar-refractivity contribution is 5.98. The molecule has 8 nitrogen and oxygen atoms in total. The molecule has 0 aliphatic carbocycles. The number of nitrogens with one attached hydrogen (secondary N) is 1. The van der Waals surface area contributed by atoms with Crippen molar-refractivity contribution in [3.63, 3.8) is 0 Å². The van der Waals surface area contributed by atoms with Gasteiger partial charge in [0.15, 0.2) is 0 Å². The molecule has 0 spiro atoms. The van der Waals surface area contributed by atoms with E-state index in [1.54, 1.807) is 13.8 Å². The summed E-state index contributed by atoms with van der Waals surface area (Å²) in [6.07, 6.45) is 3.76. The molecule has 0 aliphatic rings. The van der Waals surface area contributed by atoms with Gasteiger partial charge in [0.1, 0.15) is 0 Å². The molecule has 2 amide bonds. The lowest BCUT2D eigenvalue weighted by Gasteiger charge is -2.14. The Kier molecular flexibility index (Phi) is 8.90. The summed E-state index contributed by atoms with van der Waals surface area (Å²) in [7, 11) is 1.29. The van der Waals surface area contributed by atoms with Gasteiger partial charge in [0.2, 0.25) is 0 Å². The highest BCUT2D eigenvalue weighted by Crippen LogP contribution is 1.87. The molecule has 21 heavy (non-hydrogen) atoms. The summed E-state index contributed by atoms with van der Waals surface area (Å²) in [5, 5.41) is 0.855. The van der Waals surface area contributed by atoms with Gasteiger partial charge < -0.3 is 9.47 Å². The maximum atomic E-state index is 11.5. The van der Waals surface area contributed by atoms with Crippen LogP contribution in [0.4, 0.5) is 0 Å². The van der Waals surface area contributed by atoms with E-state index in [4.69, 9.17) is 0 Å². The van der Waals surface area contributed by atoms with Gasteiger partial charge in [-0.1, -0.05) is 0 Å². The Balaban J connectivity index is 4.31. The topological polar surface area (TPSA) is 102 Å². The number of hydrazine groups is 1. The Morgan fingerprint density at radius 2 is 1.38 bits per heavy atom. The number of ether oxygens (including phenoxy) is 2. The largest absolute Gasteiger partial charge is 0.463 e. The van der Waals surface area contributed by atoms with Crippen molar-refractivity contribution in [3.8, 4) is 0 Å². The number of hydrogen-bond acceptors (Lipinski definition) is 6. The predicted octanol–water partition coefficient (Wildman–Crippen LogP) is -0.285. The first-order valence-electron chi connectivity index (χ1n) is 6.18. The number of likely N-dealkylation sites (N-methyl/N-ethyl adjacent to an activating group) is 1. The normalized spacial score (nSPS) is 10.4. The molecule has 0 bridgehead atoms. The minimum absolute atomic E-state index is 0.196. The quantitative estimate of drug-likeness (QED) is 0.411. The Labute approximate surface area is 122 Å². The van der Waals surface area contributed by atoms with Crippen LogP contribution in [0.15, 0.2) is 24.3 Å². The van der Waals surface area contributed by atoms with Gasteiger partial charge in [0.05, 0.1) is 13.2 Å². The van der Waals surface area contributed by atoms with Crippen LogP contribution in [0.1, 0.15) is 13.8 Å². The van der Waals surface area contributed by atoms with Gasteiger partial charge in [-0.05, 0) is 13.8 Å². The molecule has 0 aromatic rings. The van der Waals surface area contributed by atoms with Crippen molar-refractivity contribution < 1.29 is 28.7 Å². The standard InChI is InChI=1S/C13H18N2O6/c1-4-20-12(18)8-6-10(16)14-15(3)11(17)7-9-13(19)21-5-2/h6-9H,4-5H2,1-3H3,(H,14,16)/b8-6+,9-7+. The molecule has 0 rings (SSSR count). The number of nitrogens with zero attached hydrogens (tertiary/aromatic N) is 1. The molecule has 0 aliphatic heterocycles. The average molecular weight is 298 g/mol. The second-order valence-electron chi connectivity index (χ2n) is 3.54. The Morgan fingerprint density at radius 3 is 1.86 bits per heavy atom. The minimum atomic E-state index is -0.691. The van der Waals surface area contributed by atoms with Gasteiger partial charge in [-0.2, -0.15) is 0 Å². The van der Waals surface area contributed by atoms with E-state index in [1.165, 1.54) is 7.05 Å². The van der Waals surface area contributed by atoms with Gasteiger partial charge in [0, 0.05) is 31.4 Å². The van der Waals surface area contributed by atoms with E-state index < -0.39 is 23.8 Å². The van der Waals surface area contributed by atoms with E-state index in [9.17, 15) is 19.2 Å². The maximum absolute atomic E-state index is 11.5. The number of carbonyl (C=O) groups is 4. The summed E-state index contributed by atoms with van der Waals surface area (Å²) >= 11 is 0. The fourth-order valence-electron chi connectivity index (χ4n) is 1.03. The molecular weight excluding hydrogens is 280 g/mol. The van der Waals surface area contributed by atoms with Gasteiger partial charge >= 0.3 is 11.9 Å². The van der Waals surface area contributed by atoms with Crippen LogP contribution >= 0.6 is 0 Å². The zero-order valence-electron chi connectivity index (χ0n) is 12.1. The lowest BCUT2D eigenvalue weighted by atomic mass is 10.4. The van der Waals surface area contributed by atoms with Gasteiger partial charge in [-0.15, -0.1) is 0 Å². The van der Waals surface area contributed by atoms with Crippen LogP contribution in [0.3, 0.4) is 0 Å². The van der Waals surface area contributed by atoms with Gasteiger partial charge in [-0.3, -0.25) is 20.0 Å². The van der Waals surface area contributed by atoms with Crippen LogP contribution in [0, 0.1) is 0 Å². The van der Waals surface area contributed by atoms with Crippen molar-refractivity contribution >= 4 is 23.8 Å². The van der Waals surface area contributed by atoms with E-state index in [2.05, 4.69) is 14.9 Å². The zero-order chi connectivity index (χ0) is 16.3. The summed E-state index contributed by atoms with van der Waals surface area (Å²) in [6.45, 7) is 3.66. The molecule has 116 valence electrons. The summed E-state index contributed by atoms with van der Waals surface area (Å²) in [5.41, 5.74) is 2.18. The van der Waals surface area contributed by atoms with Crippen LogP contribution in [0.5, 0.6) is 0 Å². The fraction of sp³-hybridized carbons (Fsp3) is 0.385. The highest BCUT2D eigenvalue weighted by atomic mass is 16.5. The lowest BCUT2D eigenvalue weighted by molar-refractivity contribution is -0.138. The van der Waals surface area contributed by atoms with Crippen molar-refractivity contribution in [2.45, 2.75) is 13.8 Å². The van der Waals surface area contributed by atoms with Crippen LogP contribution in [0.2, 0.25) is 0 Å². The summed E-state index contributed by atoms with van der Waals surface area (Å²) in [4.78, 5) is 44.9. The van der Waals surface area contributed by atoms with E-state index in [0.717, 1.165) is 29.3 Å². The number of esters is 2. The van der Waals surface area contributed by atoms with E-state index in [0.29, 0.717) is 0 Å². The first-order valence-corrected chi connectivity index (χ1v) is 6.18. The van der Waals surface area contributed by atoms with Gasteiger partial charge in [-0.25, -0.2) is 9.59 Å². The SMILES string of the molecule is CCOC(=O)/C=C/C(=O)NN(C)C(=O)/C=C/C(=O)OCC. The molecule has 0 atom stereocenters. The monoisotopic (exact) mass is 298 g/mol. The third-order valence-corrected chi connectivity index (χ3v) is 1.91. The Morgan fingerprint density at radius 1 is 0.905 bits per heavy atom. The van der Waals surface area contributed by atoms with Crippen LogP contribution in [-0.2, 0) is 28.7 Å². The van der Waals surface area contributed by atoms with Crippen molar-refractivity contribution in [1.29, 1.82) is 0 Å². The molecule has 0 saturated carbocycles. The third kappa shape index (κ3) is 8.98. The van der Waals surface area contributed by atoms with E-state index in [1.807, 2.05) is 0 Å². The Hall–Kier alpha value is -2.64. The zero-order valence-corrected chi connectivity index (χ0v) is 12.1. The summed E-state index contributed by atoms with van der Waals surface area (Å²) in [6, 6.07) is 0. The first kappa shape index (κ1) is 18.4. The summed E-state index contributed by atoms with van der Waals surface area (Å²) in [5.74, 6) is -2.65. The number of hydrogen-bond donors (Lipinski definition) is 1. The van der Waals surface area contributed by atoms with E-state index in [-0.39, 0.29) is 13.2 Å². The summed E-state index contributed by atoms with van der Waals surface area (Å²) < 4.78 is 9.18. The van der Waals surface area contributed by atoms with Gasteiger partial charge in [0.25, 0.3) is 11.8 Å². The van der Waals surface area contributed by atoms with Crippen molar-refractivity contribution in [2.75, 3.05) is 20.3 Å². The third-order valence-electron chi connectivity index (χ3n) is 1.91. The minimum Gasteiger partial charge on any atom is -0.463 e. The molecule has 0 unspecified atom stereocenters. The number of amides is 2. The molecule has 0 saturated heterocycles. The van der Waals surface area contributed by atoms with Crippen molar-refractivity contribution in [2.24, 2.45) is 0 Å². The van der Waals surface area contributed by atoms with Crippen LogP contribution in [-0.4, -0.2) is 49.0 Å². The van der Waals surface area contributed by atoms with Crippen molar-refractivity contribution in [1.82, 2.24) is 10.4 Å². The lowest BCUT2D eigenvalue weighted by Crippen LogP contribution is -2.41. The molecule has 0 radical (unpaired) electrons.